The monoisotopic (exact) mass is 382 g/mol. The molecular weight excluding hydrogens is 367 g/mol. The molecule has 0 atom stereocenters. The first kappa shape index (κ1) is 17.2. The van der Waals surface area contributed by atoms with Gasteiger partial charge in [0.1, 0.15) is 5.82 Å². The Hall–Kier alpha value is -3.26. The van der Waals surface area contributed by atoms with Crippen LogP contribution >= 0.6 is 0 Å². The summed E-state index contributed by atoms with van der Waals surface area (Å²) in [6.45, 7) is 0. The van der Waals surface area contributed by atoms with Crippen LogP contribution in [0.15, 0.2) is 73.2 Å². The van der Waals surface area contributed by atoms with Crippen LogP contribution in [0.5, 0.6) is 0 Å². The van der Waals surface area contributed by atoms with Crippen molar-refractivity contribution in [3.05, 3.63) is 84.6 Å². The minimum absolute atomic E-state index is 0.229. The second-order valence-corrected chi connectivity index (χ2v) is 7.74. The van der Waals surface area contributed by atoms with Crippen LogP contribution < -0.4 is 4.72 Å². The van der Waals surface area contributed by atoms with Crippen LogP contribution in [0.3, 0.4) is 0 Å². The summed E-state index contributed by atoms with van der Waals surface area (Å²) in [5.74, 6) is -0.0361. The van der Waals surface area contributed by atoms with Gasteiger partial charge in [-0.15, -0.1) is 0 Å². The smallest absolute Gasteiger partial charge is 0.236 e. The van der Waals surface area contributed by atoms with E-state index < -0.39 is 15.8 Å². The molecule has 2 aromatic carbocycles. The first-order valence-electron chi connectivity index (χ1n) is 8.14. The zero-order valence-electron chi connectivity index (χ0n) is 14.1. The molecule has 4 aromatic rings. The summed E-state index contributed by atoms with van der Waals surface area (Å²) >= 11 is 0. The first-order chi connectivity index (χ1) is 13.0. The van der Waals surface area contributed by atoms with E-state index in [1.54, 1.807) is 30.5 Å². The molecule has 4 rings (SSSR count). The Bertz CT molecular complexity index is 1150. The highest BCUT2D eigenvalue weighted by molar-refractivity contribution is 7.91. The summed E-state index contributed by atoms with van der Waals surface area (Å²) in [5.41, 5.74) is 2.55. The molecule has 0 amide bonds. The third-order valence-electron chi connectivity index (χ3n) is 3.96. The zero-order chi connectivity index (χ0) is 18.9. The van der Waals surface area contributed by atoms with E-state index in [-0.39, 0.29) is 5.75 Å². The van der Waals surface area contributed by atoms with Gasteiger partial charge in [-0.25, -0.2) is 22.8 Å². The van der Waals surface area contributed by atoms with Gasteiger partial charge in [0.25, 0.3) is 0 Å². The number of halogens is 1. The van der Waals surface area contributed by atoms with Crippen molar-refractivity contribution in [1.29, 1.82) is 0 Å². The number of nitrogens with zero attached hydrogens (tertiary/aromatic N) is 3. The number of nitrogens with one attached hydrogen (secondary N) is 1. The van der Waals surface area contributed by atoms with Gasteiger partial charge in [0.2, 0.25) is 15.8 Å². The minimum atomic E-state index is -3.60. The van der Waals surface area contributed by atoms with Crippen molar-refractivity contribution in [1.82, 2.24) is 14.4 Å². The Morgan fingerprint density at radius 3 is 2.48 bits per heavy atom. The molecule has 1 N–H and O–H groups in total. The maximum absolute atomic E-state index is 12.9. The lowest BCUT2D eigenvalue weighted by Crippen LogP contribution is -2.15. The van der Waals surface area contributed by atoms with Crippen LogP contribution in [0.1, 0.15) is 5.56 Å². The lowest BCUT2D eigenvalue weighted by Gasteiger charge is -2.08. The minimum Gasteiger partial charge on any atom is -0.291 e. The fourth-order valence-electron chi connectivity index (χ4n) is 2.69. The molecule has 6 nitrogen and oxygen atoms in total. The van der Waals surface area contributed by atoms with Crippen LogP contribution in [0.2, 0.25) is 0 Å². The summed E-state index contributed by atoms with van der Waals surface area (Å²) < 4.78 is 41.9. The van der Waals surface area contributed by atoms with E-state index in [4.69, 9.17) is 0 Å². The quantitative estimate of drug-likeness (QED) is 0.573. The molecule has 0 unspecified atom stereocenters. The fraction of sp³-hybridized carbons (Fsp3) is 0.0526. The summed E-state index contributed by atoms with van der Waals surface area (Å²) in [6.07, 6.45) is 5.39. The molecule has 8 heteroatoms. The van der Waals surface area contributed by atoms with Crippen molar-refractivity contribution in [2.45, 2.75) is 5.75 Å². The third-order valence-corrected chi connectivity index (χ3v) is 5.22. The summed E-state index contributed by atoms with van der Waals surface area (Å²) in [6, 6.07) is 14.1. The number of fused-ring (bicyclic) bond motifs is 1. The van der Waals surface area contributed by atoms with Crippen LogP contribution in [0, 0.1) is 5.82 Å². The zero-order valence-corrected chi connectivity index (χ0v) is 14.9. The van der Waals surface area contributed by atoms with Crippen molar-refractivity contribution < 1.29 is 12.8 Å². The summed E-state index contributed by atoms with van der Waals surface area (Å²) in [5, 5.41) is 0. The number of hydrogen-bond acceptors (Lipinski definition) is 4. The number of imidazole rings is 1. The van der Waals surface area contributed by atoms with Crippen molar-refractivity contribution in [3.63, 3.8) is 0 Å². The molecular formula is C19H15FN4O2S. The van der Waals surface area contributed by atoms with E-state index in [0.717, 1.165) is 11.3 Å². The summed E-state index contributed by atoms with van der Waals surface area (Å²) in [4.78, 5) is 8.61. The largest absolute Gasteiger partial charge is 0.291 e. The van der Waals surface area contributed by atoms with Crippen LogP contribution in [-0.2, 0) is 15.8 Å². The maximum atomic E-state index is 12.9. The topological polar surface area (TPSA) is 76.4 Å². The van der Waals surface area contributed by atoms with Crippen molar-refractivity contribution in [2.24, 2.45) is 0 Å². The number of benzene rings is 2. The number of rotatable bonds is 5. The molecule has 0 aliphatic carbocycles. The van der Waals surface area contributed by atoms with E-state index in [2.05, 4.69) is 14.7 Å². The second kappa shape index (κ2) is 6.81. The lowest BCUT2D eigenvalue weighted by molar-refractivity contribution is 0.600. The van der Waals surface area contributed by atoms with Gasteiger partial charge in [-0.3, -0.25) is 9.12 Å². The predicted octanol–water partition coefficient (Wildman–Crippen LogP) is 3.48. The van der Waals surface area contributed by atoms with Gasteiger partial charge in [-0.05, 0) is 35.9 Å². The number of hydrogen-bond donors (Lipinski definition) is 1. The summed E-state index contributed by atoms with van der Waals surface area (Å²) in [7, 11) is -3.60. The van der Waals surface area contributed by atoms with Gasteiger partial charge < -0.3 is 0 Å². The standard InChI is InChI=1S/C19H15FN4O2S/c20-16-6-2-14(3-7-16)13-27(25,26)23-17-8-4-15(5-9-17)18-12-24-11-1-10-21-19(24)22-18/h1-12,23H,13H2. The number of anilines is 1. The Morgan fingerprint density at radius 2 is 1.78 bits per heavy atom. The molecule has 0 aliphatic rings. The fourth-order valence-corrected chi connectivity index (χ4v) is 3.89. The molecule has 0 spiro atoms. The number of sulfonamides is 1. The Balaban J connectivity index is 1.50. The molecule has 136 valence electrons. The second-order valence-electron chi connectivity index (χ2n) is 6.02. The first-order valence-corrected chi connectivity index (χ1v) is 9.79. The molecule has 0 aliphatic heterocycles. The molecule has 0 bridgehead atoms. The normalized spacial score (nSPS) is 11.6. The van der Waals surface area contributed by atoms with Crippen LogP contribution in [0.4, 0.5) is 10.1 Å². The van der Waals surface area contributed by atoms with Gasteiger partial charge in [0.05, 0.1) is 11.4 Å². The van der Waals surface area contributed by atoms with Crippen LogP contribution in [0.25, 0.3) is 17.0 Å². The average molecular weight is 382 g/mol. The molecule has 0 fully saturated rings. The molecule has 27 heavy (non-hydrogen) atoms. The SMILES string of the molecule is O=S(=O)(Cc1ccc(F)cc1)Nc1ccc(-c2cn3cccnc3n2)cc1. The van der Waals surface area contributed by atoms with E-state index in [9.17, 15) is 12.8 Å². The van der Waals surface area contributed by atoms with Crippen molar-refractivity contribution >= 4 is 21.5 Å². The molecule has 2 aromatic heterocycles. The number of aromatic nitrogens is 3. The van der Waals surface area contributed by atoms with Crippen molar-refractivity contribution in [2.75, 3.05) is 4.72 Å². The molecule has 0 saturated heterocycles. The Morgan fingerprint density at radius 1 is 1.04 bits per heavy atom. The lowest BCUT2D eigenvalue weighted by atomic mass is 10.1. The van der Waals surface area contributed by atoms with E-state index in [1.807, 2.05) is 22.9 Å². The highest BCUT2D eigenvalue weighted by Gasteiger charge is 2.12. The van der Waals surface area contributed by atoms with Gasteiger partial charge >= 0.3 is 0 Å². The van der Waals surface area contributed by atoms with Crippen molar-refractivity contribution in [3.8, 4) is 11.3 Å². The molecule has 0 radical (unpaired) electrons. The molecule has 2 heterocycles. The Kier molecular flexibility index (Phi) is 4.33. The average Bonchev–Trinajstić information content (AvgIpc) is 3.08. The van der Waals surface area contributed by atoms with E-state index in [0.29, 0.717) is 17.0 Å². The van der Waals surface area contributed by atoms with Gasteiger partial charge in [-0.2, -0.15) is 0 Å². The Labute approximate surface area is 155 Å². The third kappa shape index (κ3) is 3.95. The highest BCUT2D eigenvalue weighted by atomic mass is 32.2. The van der Waals surface area contributed by atoms with E-state index in [1.165, 1.54) is 24.3 Å². The highest BCUT2D eigenvalue weighted by Crippen LogP contribution is 2.22. The predicted molar refractivity (Wildman–Crippen MR) is 101 cm³/mol. The van der Waals surface area contributed by atoms with Gasteiger partial charge in [0.15, 0.2) is 0 Å². The molecule has 0 saturated carbocycles. The van der Waals surface area contributed by atoms with E-state index >= 15 is 0 Å². The van der Waals surface area contributed by atoms with Crippen LogP contribution in [-0.4, -0.2) is 22.8 Å². The van der Waals surface area contributed by atoms with Gasteiger partial charge in [-0.1, -0.05) is 24.3 Å². The maximum Gasteiger partial charge on any atom is 0.236 e. The van der Waals surface area contributed by atoms with Gasteiger partial charge in [0, 0.05) is 29.8 Å².